The van der Waals surface area contributed by atoms with Gasteiger partial charge in [-0.2, -0.15) is 4.37 Å². The fourth-order valence-electron chi connectivity index (χ4n) is 1.04. The second-order valence-corrected chi connectivity index (χ2v) is 4.64. The fourth-order valence-corrected chi connectivity index (χ4v) is 2.13. The van der Waals surface area contributed by atoms with Crippen LogP contribution in [-0.2, 0) is 8.98 Å². The summed E-state index contributed by atoms with van der Waals surface area (Å²) in [6.07, 6.45) is 0. The lowest BCUT2D eigenvalue weighted by Gasteiger charge is -1.93. The Morgan fingerprint density at radius 1 is 1.38 bits per heavy atom. The van der Waals surface area contributed by atoms with Crippen LogP contribution in [0.15, 0.2) is 34.7 Å². The van der Waals surface area contributed by atoms with Crippen molar-refractivity contribution >= 4 is 29.5 Å². The third kappa shape index (κ3) is 2.80. The molecule has 1 aromatic heterocycles. The van der Waals surface area contributed by atoms with Gasteiger partial charge in [0.25, 0.3) is 0 Å². The first-order chi connectivity index (χ1) is 7.75. The molecular formula is C10H8N2O2S2. The van der Waals surface area contributed by atoms with Gasteiger partial charge in [0.05, 0.1) is 0 Å². The number of hydrogen-bond donors (Lipinski definition) is 0. The lowest BCUT2D eigenvalue weighted by Crippen LogP contribution is -1.88. The third-order valence-electron chi connectivity index (χ3n) is 1.67. The molecule has 0 N–H and O–H groups in total. The van der Waals surface area contributed by atoms with Crippen molar-refractivity contribution in [2.45, 2.75) is 11.3 Å². The van der Waals surface area contributed by atoms with Crippen molar-refractivity contribution in [3.05, 3.63) is 30.3 Å². The maximum Gasteiger partial charge on any atom is 0.315 e. The lowest BCUT2D eigenvalue weighted by atomic mass is 10.2. The van der Waals surface area contributed by atoms with Crippen LogP contribution in [0.1, 0.15) is 6.92 Å². The van der Waals surface area contributed by atoms with Crippen molar-refractivity contribution < 1.29 is 8.98 Å². The zero-order chi connectivity index (χ0) is 11.4. The molecule has 0 atom stereocenters. The van der Waals surface area contributed by atoms with Crippen LogP contribution in [0, 0.1) is 0 Å². The Morgan fingerprint density at radius 2 is 2.12 bits per heavy atom. The highest BCUT2D eigenvalue weighted by molar-refractivity contribution is 7.96. The van der Waals surface area contributed by atoms with Crippen LogP contribution >= 0.6 is 23.6 Å². The van der Waals surface area contributed by atoms with E-state index >= 15 is 0 Å². The summed E-state index contributed by atoms with van der Waals surface area (Å²) in [6, 6.07) is 9.65. The number of aromatic nitrogens is 2. The third-order valence-corrected chi connectivity index (χ3v) is 3.16. The minimum absolute atomic E-state index is 0.346. The predicted molar refractivity (Wildman–Crippen MR) is 63.0 cm³/mol. The van der Waals surface area contributed by atoms with Crippen LogP contribution in [0.3, 0.4) is 0 Å². The van der Waals surface area contributed by atoms with Crippen molar-refractivity contribution in [3.8, 4) is 11.4 Å². The van der Waals surface area contributed by atoms with E-state index < -0.39 is 0 Å². The first-order valence-electron chi connectivity index (χ1n) is 4.50. The number of nitrogens with zero attached hydrogens (tertiary/aromatic N) is 2. The molecule has 0 aliphatic rings. The number of rotatable bonds is 3. The highest BCUT2D eigenvalue weighted by Crippen LogP contribution is 2.25. The van der Waals surface area contributed by atoms with E-state index in [1.165, 1.54) is 18.5 Å². The number of hydrogen-bond acceptors (Lipinski definition) is 6. The van der Waals surface area contributed by atoms with Crippen molar-refractivity contribution in [2.24, 2.45) is 0 Å². The van der Waals surface area contributed by atoms with Crippen LogP contribution in [0.5, 0.6) is 0 Å². The second-order valence-electron chi connectivity index (χ2n) is 2.91. The van der Waals surface area contributed by atoms with Gasteiger partial charge in [0.2, 0.25) is 4.34 Å². The van der Waals surface area contributed by atoms with Crippen molar-refractivity contribution in [1.82, 2.24) is 9.36 Å². The highest BCUT2D eigenvalue weighted by atomic mass is 32.2. The summed E-state index contributed by atoms with van der Waals surface area (Å²) >= 11 is 2.15. The molecule has 0 radical (unpaired) electrons. The van der Waals surface area contributed by atoms with Gasteiger partial charge in [0.1, 0.15) is 12.0 Å². The summed E-state index contributed by atoms with van der Waals surface area (Å²) in [4.78, 5) is 14.9. The van der Waals surface area contributed by atoms with Crippen molar-refractivity contribution in [1.29, 1.82) is 0 Å². The molecule has 1 aromatic carbocycles. The first kappa shape index (κ1) is 11.1. The average molecular weight is 252 g/mol. The predicted octanol–water partition coefficient (Wildman–Crippen LogP) is 2.78. The Balaban J connectivity index is 2.11. The smallest absolute Gasteiger partial charge is 0.315 e. The van der Waals surface area contributed by atoms with E-state index in [1.54, 1.807) is 0 Å². The standard InChI is InChI=1S/C10H8N2O2S2/c1-7(13)14-16-10-11-9(12-15-10)8-5-3-2-4-6-8/h2-6H,1H3. The largest absolute Gasteiger partial charge is 0.384 e. The van der Waals surface area contributed by atoms with E-state index in [0.717, 1.165) is 17.6 Å². The Kier molecular flexibility index (Phi) is 3.53. The SMILES string of the molecule is CC(=O)OSc1nc(-c2ccccc2)ns1. The molecule has 0 spiro atoms. The molecule has 0 aliphatic heterocycles. The maximum atomic E-state index is 10.6. The fraction of sp³-hybridized carbons (Fsp3) is 0.100. The topological polar surface area (TPSA) is 52.1 Å². The molecule has 0 amide bonds. The minimum atomic E-state index is -0.346. The van der Waals surface area contributed by atoms with Gasteiger partial charge in [-0.05, 0) is 11.5 Å². The Morgan fingerprint density at radius 3 is 2.81 bits per heavy atom. The van der Waals surface area contributed by atoms with E-state index in [1.807, 2.05) is 30.3 Å². The molecule has 2 rings (SSSR count). The van der Waals surface area contributed by atoms with E-state index in [4.69, 9.17) is 4.18 Å². The molecule has 0 saturated carbocycles. The van der Waals surface area contributed by atoms with E-state index in [9.17, 15) is 4.79 Å². The number of carbonyl (C=O) groups is 1. The van der Waals surface area contributed by atoms with Gasteiger partial charge in [-0.15, -0.1) is 0 Å². The summed E-state index contributed by atoms with van der Waals surface area (Å²) < 4.78 is 9.57. The van der Waals surface area contributed by atoms with E-state index in [2.05, 4.69) is 9.36 Å². The molecular weight excluding hydrogens is 244 g/mol. The van der Waals surface area contributed by atoms with Gasteiger partial charge >= 0.3 is 5.97 Å². The molecule has 0 fully saturated rings. The molecule has 82 valence electrons. The van der Waals surface area contributed by atoms with Gasteiger partial charge in [-0.1, -0.05) is 30.3 Å². The molecule has 0 unspecified atom stereocenters. The van der Waals surface area contributed by atoms with Crippen LogP contribution in [0.25, 0.3) is 11.4 Å². The Bertz CT molecular complexity index is 485. The quantitative estimate of drug-likeness (QED) is 0.786. The van der Waals surface area contributed by atoms with E-state index in [0.29, 0.717) is 10.2 Å². The zero-order valence-corrected chi connectivity index (χ0v) is 10.0. The highest BCUT2D eigenvalue weighted by Gasteiger charge is 2.08. The molecule has 0 aliphatic carbocycles. The van der Waals surface area contributed by atoms with Gasteiger partial charge in [0.15, 0.2) is 5.82 Å². The van der Waals surface area contributed by atoms with Gasteiger partial charge in [0, 0.05) is 12.5 Å². The van der Waals surface area contributed by atoms with Crippen molar-refractivity contribution in [3.63, 3.8) is 0 Å². The summed E-state index contributed by atoms with van der Waals surface area (Å²) in [7, 11) is 0. The van der Waals surface area contributed by atoms with E-state index in [-0.39, 0.29) is 5.97 Å². The normalized spacial score (nSPS) is 10.1. The van der Waals surface area contributed by atoms with Crippen molar-refractivity contribution in [2.75, 3.05) is 0 Å². The molecule has 0 saturated heterocycles. The monoisotopic (exact) mass is 252 g/mol. The summed E-state index contributed by atoms with van der Waals surface area (Å²) in [5.41, 5.74) is 0.952. The van der Waals surface area contributed by atoms with Gasteiger partial charge in [-0.3, -0.25) is 4.79 Å². The average Bonchev–Trinajstić information content (AvgIpc) is 2.76. The van der Waals surface area contributed by atoms with Crippen LogP contribution in [0.4, 0.5) is 0 Å². The summed E-state index contributed by atoms with van der Waals surface area (Å²) in [6.45, 7) is 1.35. The molecule has 16 heavy (non-hydrogen) atoms. The number of carbonyl (C=O) groups excluding carboxylic acids is 1. The lowest BCUT2D eigenvalue weighted by molar-refractivity contribution is -0.130. The molecule has 1 heterocycles. The Labute approximate surface area is 101 Å². The zero-order valence-electron chi connectivity index (χ0n) is 8.41. The van der Waals surface area contributed by atoms with Crippen LogP contribution < -0.4 is 0 Å². The Hall–Kier alpha value is -1.40. The van der Waals surface area contributed by atoms with Gasteiger partial charge in [-0.25, -0.2) is 4.98 Å². The molecule has 2 aromatic rings. The molecule has 0 bridgehead atoms. The number of benzene rings is 1. The minimum Gasteiger partial charge on any atom is -0.384 e. The first-order valence-corrected chi connectivity index (χ1v) is 6.01. The second kappa shape index (κ2) is 5.09. The van der Waals surface area contributed by atoms with Crippen LogP contribution in [0.2, 0.25) is 0 Å². The van der Waals surface area contributed by atoms with Crippen LogP contribution in [-0.4, -0.2) is 15.3 Å². The van der Waals surface area contributed by atoms with Gasteiger partial charge < -0.3 is 4.18 Å². The summed E-state index contributed by atoms with van der Waals surface area (Å²) in [5.74, 6) is 0.307. The summed E-state index contributed by atoms with van der Waals surface area (Å²) in [5, 5.41) is 0. The molecule has 6 heteroatoms. The molecule has 4 nitrogen and oxygen atoms in total. The maximum absolute atomic E-state index is 10.6.